The molecule has 1 aliphatic heterocycles. The van der Waals surface area contributed by atoms with Gasteiger partial charge < -0.3 is 5.32 Å². The van der Waals surface area contributed by atoms with Crippen molar-refractivity contribution in [2.75, 3.05) is 0 Å². The normalized spacial score (nSPS) is 22.8. The average Bonchev–Trinajstić information content (AvgIpc) is 3.38. The molecule has 0 spiro atoms. The third-order valence-electron chi connectivity index (χ3n) is 4.21. The Morgan fingerprint density at radius 3 is 2.80 bits per heavy atom. The van der Waals surface area contributed by atoms with E-state index in [1.807, 2.05) is 0 Å². The van der Waals surface area contributed by atoms with Crippen LogP contribution < -0.4 is 5.32 Å². The summed E-state index contributed by atoms with van der Waals surface area (Å²) in [5.74, 6) is -0.871. The van der Waals surface area contributed by atoms with Crippen LogP contribution in [0.2, 0.25) is 0 Å². The number of rotatable bonds is 3. The third kappa shape index (κ3) is 3.19. The third-order valence-corrected chi connectivity index (χ3v) is 4.21. The standard InChI is InChI=1S/C16H15N5O4/c1-9-13(8-17)14(10-3-2-4-12(7-10)21(24)25)20(15(22)18-9)16(23)19-11-5-6-11/h2-4,7,11,13-14H,5-6H2,1H3,(H,19,23). The lowest BCUT2D eigenvalue weighted by molar-refractivity contribution is -0.385. The molecule has 25 heavy (non-hydrogen) atoms. The van der Waals surface area contributed by atoms with Gasteiger partial charge in [-0.1, -0.05) is 12.1 Å². The number of carbonyl (C=O) groups excluding carboxylic acids is 2. The van der Waals surface area contributed by atoms with E-state index in [0.717, 1.165) is 17.7 Å². The summed E-state index contributed by atoms with van der Waals surface area (Å²) in [6.45, 7) is 1.53. The fourth-order valence-electron chi connectivity index (χ4n) is 2.78. The van der Waals surface area contributed by atoms with Gasteiger partial charge in [0.25, 0.3) is 5.69 Å². The number of benzene rings is 1. The molecule has 1 heterocycles. The Labute approximate surface area is 143 Å². The van der Waals surface area contributed by atoms with Crippen LogP contribution in [0.5, 0.6) is 0 Å². The van der Waals surface area contributed by atoms with Crippen molar-refractivity contribution in [1.82, 2.24) is 10.2 Å². The van der Waals surface area contributed by atoms with Crippen LogP contribution in [-0.2, 0) is 0 Å². The number of hydrogen-bond donors (Lipinski definition) is 1. The van der Waals surface area contributed by atoms with Gasteiger partial charge in [-0.2, -0.15) is 5.26 Å². The van der Waals surface area contributed by atoms with Crippen LogP contribution in [0.3, 0.4) is 0 Å². The van der Waals surface area contributed by atoms with Crippen molar-refractivity contribution >= 4 is 23.5 Å². The van der Waals surface area contributed by atoms with E-state index in [9.17, 15) is 25.0 Å². The van der Waals surface area contributed by atoms with Gasteiger partial charge in [-0.05, 0) is 25.3 Å². The lowest BCUT2D eigenvalue weighted by Crippen LogP contribution is -2.51. The Morgan fingerprint density at radius 1 is 1.48 bits per heavy atom. The minimum absolute atomic E-state index is 0.0126. The summed E-state index contributed by atoms with van der Waals surface area (Å²) in [5.41, 5.74) is 0.443. The first-order valence-electron chi connectivity index (χ1n) is 7.75. The quantitative estimate of drug-likeness (QED) is 0.667. The summed E-state index contributed by atoms with van der Waals surface area (Å²) in [6, 6.07) is 5.29. The maximum Gasteiger partial charge on any atom is 0.352 e. The smallest absolute Gasteiger partial charge is 0.335 e. The van der Waals surface area contributed by atoms with Gasteiger partial charge in [-0.3, -0.25) is 10.1 Å². The van der Waals surface area contributed by atoms with Gasteiger partial charge in [0.1, 0.15) is 5.92 Å². The van der Waals surface area contributed by atoms with E-state index < -0.39 is 28.9 Å². The first-order chi connectivity index (χ1) is 11.9. The molecular weight excluding hydrogens is 326 g/mol. The van der Waals surface area contributed by atoms with E-state index in [0.29, 0.717) is 5.56 Å². The van der Waals surface area contributed by atoms with Gasteiger partial charge in [0.05, 0.1) is 17.0 Å². The van der Waals surface area contributed by atoms with E-state index in [-0.39, 0.29) is 17.4 Å². The first kappa shape index (κ1) is 16.6. The van der Waals surface area contributed by atoms with Crippen molar-refractivity contribution in [2.45, 2.75) is 31.8 Å². The molecule has 0 radical (unpaired) electrons. The summed E-state index contributed by atoms with van der Waals surface area (Å²) in [7, 11) is 0. The molecule has 0 bridgehead atoms. The Hall–Kier alpha value is -3.28. The van der Waals surface area contributed by atoms with Crippen molar-refractivity contribution < 1.29 is 14.5 Å². The average molecular weight is 341 g/mol. The summed E-state index contributed by atoms with van der Waals surface area (Å²) in [6.07, 6.45) is 1.67. The van der Waals surface area contributed by atoms with Crippen molar-refractivity contribution in [3.8, 4) is 6.07 Å². The molecule has 1 aliphatic carbocycles. The molecule has 0 aromatic heterocycles. The lowest BCUT2D eigenvalue weighted by Gasteiger charge is -2.35. The SMILES string of the molecule is CC1=NC(=O)N(C(=O)NC2CC2)C(c2cccc([N+](=O)[O-])c2)C1C#N. The fourth-order valence-corrected chi connectivity index (χ4v) is 2.78. The maximum absolute atomic E-state index is 12.5. The van der Waals surface area contributed by atoms with Gasteiger partial charge in [0, 0.05) is 23.9 Å². The molecule has 1 aromatic rings. The molecule has 2 aliphatic rings. The maximum atomic E-state index is 12.5. The molecule has 4 amide bonds. The highest BCUT2D eigenvalue weighted by Gasteiger charge is 2.43. The molecule has 1 fully saturated rings. The summed E-state index contributed by atoms with van der Waals surface area (Å²) in [4.78, 5) is 40.0. The second-order valence-electron chi connectivity index (χ2n) is 6.03. The van der Waals surface area contributed by atoms with Crippen LogP contribution in [0.15, 0.2) is 29.3 Å². The highest BCUT2D eigenvalue weighted by atomic mass is 16.6. The predicted molar refractivity (Wildman–Crippen MR) is 86.8 cm³/mol. The number of nitro benzene ring substituents is 1. The molecule has 2 atom stereocenters. The molecule has 128 valence electrons. The molecule has 1 saturated carbocycles. The lowest BCUT2D eigenvalue weighted by atomic mass is 9.88. The Kier molecular flexibility index (Phi) is 4.19. The van der Waals surface area contributed by atoms with Gasteiger partial charge in [0.2, 0.25) is 0 Å². The van der Waals surface area contributed by atoms with Crippen LogP contribution >= 0.6 is 0 Å². The van der Waals surface area contributed by atoms with Crippen LogP contribution in [0, 0.1) is 27.4 Å². The summed E-state index contributed by atoms with van der Waals surface area (Å²) < 4.78 is 0. The molecule has 3 rings (SSSR count). The minimum atomic E-state index is -0.964. The molecule has 9 nitrogen and oxygen atoms in total. The number of nitrogens with one attached hydrogen (secondary N) is 1. The Morgan fingerprint density at radius 2 is 2.20 bits per heavy atom. The van der Waals surface area contributed by atoms with Crippen LogP contribution in [-0.4, -0.2) is 33.6 Å². The second-order valence-corrected chi connectivity index (χ2v) is 6.03. The van der Waals surface area contributed by atoms with Gasteiger partial charge in [0.15, 0.2) is 0 Å². The molecule has 0 saturated heterocycles. The van der Waals surface area contributed by atoms with Crippen molar-refractivity contribution in [3.05, 3.63) is 39.9 Å². The number of urea groups is 2. The van der Waals surface area contributed by atoms with Gasteiger partial charge >= 0.3 is 12.1 Å². The number of hydrogen-bond acceptors (Lipinski definition) is 5. The molecule has 9 heteroatoms. The van der Waals surface area contributed by atoms with Crippen LogP contribution in [0.4, 0.5) is 15.3 Å². The number of aliphatic imine (C=N–C) groups is 1. The molecule has 1 aromatic carbocycles. The number of nitrogens with zero attached hydrogens (tertiary/aromatic N) is 4. The van der Waals surface area contributed by atoms with E-state index in [2.05, 4.69) is 16.4 Å². The predicted octanol–water partition coefficient (Wildman–Crippen LogP) is 2.54. The van der Waals surface area contributed by atoms with Gasteiger partial charge in [-0.15, -0.1) is 0 Å². The highest BCUT2D eigenvalue weighted by Crippen LogP contribution is 2.35. The van der Waals surface area contributed by atoms with E-state index in [1.54, 1.807) is 6.07 Å². The topological polar surface area (TPSA) is 129 Å². The van der Waals surface area contributed by atoms with Crippen LogP contribution in [0.1, 0.15) is 31.4 Å². The molecule has 2 unspecified atom stereocenters. The van der Waals surface area contributed by atoms with Crippen molar-refractivity contribution in [1.29, 1.82) is 5.26 Å². The van der Waals surface area contributed by atoms with Crippen molar-refractivity contribution in [2.24, 2.45) is 10.9 Å². The number of non-ortho nitro benzene ring substituents is 1. The number of nitro groups is 1. The molecule has 1 N–H and O–H groups in total. The zero-order valence-electron chi connectivity index (χ0n) is 13.4. The largest absolute Gasteiger partial charge is 0.352 e. The van der Waals surface area contributed by atoms with E-state index in [1.165, 1.54) is 25.1 Å². The van der Waals surface area contributed by atoms with E-state index >= 15 is 0 Å². The van der Waals surface area contributed by atoms with E-state index in [4.69, 9.17) is 0 Å². The number of nitriles is 1. The zero-order valence-corrected chi connectivity index (χ0v) is 13.4. The number of imide groups is 1. The highest BCUT2D eigenvalue weighted by molar-refractivity contribution is 6.05. The number of carbonyl (C=O) groups is 2. The zero-order chi connectivity index (χ0) is 18.1. The van der Waals surface area contributed by atoms with Gasteiger partial charge in [-0.25, -0.2) is 19.5 Å². The Balaban J connectivity index is 2.06. The minimum Gasteiger partial charge on any atom is -0.335 e. The Bertz CT molecular complexity index is 824. The monoisotopic (exact) mass is 341 g/mol. The number of amides is 4. The molecular formula is C16H15N5O4. The first-order valence-corrected chi connectivity index (χ1v) is 7.75. The van der Waals surface area contributed by atoms with Crippen molar-refractivity contribution in [3.63, 3.8) is 0 Å². The van der Waals surface area contributed by atoms with Crippen LogP contribution in [0.25, 0.3) is 0 Å². The fraction of sp³-hybridized carbons (Fsp3) is 0.375. The summed E-state index contributed by atoms with van der Waals surface area (Å²) >= 11 is 0. The summed E-state index contributed by atoms with van der Waals surface area (Å²) in [5, 5.41) is 23.3. The second kappa shape index (κ2) is 6.32.